The Balaban J connectivity index is 2.03. The van der Waals surface area contributed by atoms with Crippen LogP contribution < -0.4 is 0 Å². The highest BCUT2D eigenvalue weighted by atomic mass is 16.5. The Kier molecular flexibility index (Phi) is 7.85. The predicted octanol–water partition coefficient (Wildman–Crippen LogP) is 2.10. The van der Waals surface area contributed by atoms with Gasteiger partial charge in [-0.3, -0.25) is 14.6 Å². The third-order valence-electron chi connectivity index (χ3n) is 4.64. The predicted molar refractivity (Wildman–Crippen MR) is 95.7 cm³/mol. The first-order valence-electron chi connectivity index (χ1n) is 9.10. The second-order valence-corrected chi connectivity index (χ2v) is 6.49. The molecule has 6 heteroatoms. The first-order valence-corrected chi connectivity index (χ1v) is 9.10. The van der Waals surface area contributed by atoms with Gasteiger partial charge < -0.3 is 14.5 Å². The van der Waals surface area contributed by atoms with Crippen LogP contribution >= 0.6 is 0 Å². The van der Waals surface area contributed by atoms with E-state index >= 15 is 0 Å². The SMILES string of the molecule is CCC(=O)N1CCC[C@H](C(=O)N(CCCOC)Cc2ccncc2)C1. The van der Waals surface area contributed by atoms with Crippen LogP contribution in [0.3, 0.4) is 0 Å². The third-order valence-corrected chi connectivity index (χ3v) is 4.64. The molecule has 25 heavy (non-hydrogen) atoms. The van der Waals surface area contributed by atoms with Gasteiger partial charge in [0.15, 0.2) is 0 Å². The van der Waals surface area contributed by atoms with Gasteiger partial charge in [-0.1, -0.05) is 6.92 Å². The largest absolute Gasteiger partial charge is 0.385 e. The van der Waals surface area contributed by atoms with Crippen molar-refractivity contribution in [1.29, 1.82) is 0 Å². The summed E-state index contributed by atoms with van der Waals surface area (Å²) >= 11 is 0. The Labute approximate surface area is 150 Å². The van der Waals surface area contributed by atoms with Gasteiger partial charge in [0.25, 0.3) is 0 Å². The number of aromatic nitrogens is 1. The summed E-state index contributed by atoms with van der Waals surface area (Å²) < 4.78 is 5.13. The van der Waals surface area contributed by atoms with Crippen molar-refractivity contribution in [3.05, 3.63) is 30.1 Å². The van der Waals surface area contributed by atoms with E-state index in [1.54, 1.807) is 19.5 Å². The lowest BCUT2D eigenvalue weighted by molar-refractivity contribution is -0.141. The van der Waals surface area contributed by atoms with E-state index in [-0.39, 0.29) is 17.7 Å². The average Bonchev–Trinajstić information content (AvgIpc) is 2.67. The van der Waals surface area contributed by atoms with Crippen molar-refractivity contribution in [1.82, 2.24) is 14.8 Å². The number of carbonyl (C=O) groups is 2. The van der Waals surface area contributed by atoms with Crippen LogP contribution in [0.1, 0.15) is 38.2 Å². The molecular weight excluding hydrogens is 318 g/mol. The van der Waals surface area contributed by atoms with Crippen LogP contribution in [0.5, 0.6) is 0 Å². The molecule has 1 aromatic heterocycles. The number of nitrogens with zero attached hydrogens (tertiary/aromatic N) is 3. The van der Waals surface area contributed by atoms with Crippen molar-refractivity contribution >= 4 is 11.8 Å². The van der Waals surface area contributed by atoms with Gasteiger partial charge in [-0.25, -0.2) is 0 Å². The number of piperidine rings is 1. The van der Waals surface area contributed by atoms with Gasteiger partial charge in [0.2, 0.25) is 11.8 Å². The molecule has 0 aromatic carbocycles. The zero-order chi connectivity index (χ0) is 18.1. The van der Waals surface area contributed by atoms with E-state index in [0.29, 0.717) is 32.7 Å². The molecule has 1 fully saturated rings. The minimum Gasteiger partial charge on any atom is -0.385 e. The quantitative estimate of drug-likeness (QED) is 0.676. The fraction of sp³-hybridized carbons (Fsp3) is 0.632. The number of methoxy groups -OCH3 is 1. The van der Waals surface area contributed by atoms with Crippen LogP contribution in [0.4, 0.5) is 0 Å². The minimum absolute atomic E-state index is 0.103. The summed E-state index contributed by atoms with van der Waals surface area (Å²) in [5, 5.41) is 0. The number of hydrogen-bond acceptors (Lipinski definition) is 4. The fourth-order valence-corrected chi connectivity index (χ4v) is 3.26. The van der Waals surface area contributed by atoms with E-state index in [4.69, 9.17) is 4.74 Å². The summed E-state index contributed by atoms with van der Waals surface area (Å²) in [4.78, 5) is 32.8. The standard InChI is InChI=1S/C19H29N3O3/c1-3-18(23)21-11-4-6-17(15-21)19(24)22(12-5-13-25-2)14-16-7-9-20-10-8-16/h7-10,17H,3-6,11-15H2,1-2H3/t17-/m0/s1. The number of rotatable bonds is 8. The van der Waals surface area contributed by atoms with Gasteiger partial charge in [0, 0.05) is 58.7 Å². The topological polar surface area (TPSA) is 62.7 Å². The van der Waals surface area contributed by atoms with Gasteiger partial charge in [-0.05, 0) is 37.0 Å². The fourth-order valence-electron chi connectivity index (χ4n) is 3.26. The second-order valence-electron chi connectivity index (χ2n) is 6.49. The summed E-state index contributed by atoms with van der Waals surface area (Å²) in [7, 11) is 1.67. The van der Waals surface area contributed by atoms with E-state index in [1.165, 1.54) is 0 Å². The van der Waals surface area contributed by atoms with E-state index in [9.17, 15) is 9.59 Å². The molecule has 1 aliphatic heterocycles. The van der Waals surface area contributed by atoms with Crippen LogP contribution in [-0.2, 0) is 20.9 Å². The van der Waals surface area contributed by atoms with Gasteiger partial charge in [0.1, 0.15) is 0 Å². The molecule has 0 unspecified atom stereocenters. The molecule has 2 amide bonds. The number of amides is 2. The lowest BCUT2D eigenvalue weighted by Gasteiger charge is -2.35. The van der Waals surface area contributed by atoms with Crippen molar-refractivity contribution in [2.24, 2.45) is 5.92 Å². The average molecular weight is 347 g/mol. The van der Waals surface area contributed by atoms with Gasteiger partial charge >= 0.3 is 0 Å². The van der Waals surface area contributed by atoms with Gasteiger partial charge in [-0.2, -0.15) is 0 Å². The molecule has 2 rings (SSSR count). The third kappa shape index (κ3) is 5.81. The Hall–Kier alpha value is -1.95. The van der Waals surface area contributed by atoms with Gasteiger partial charge in [-0.15, -0.1) is 0 Å². The minimum atomic E-state index is -0.103. The highest BCUT2D eigenvalue weighted by Crippen LogP contribution is 2.21. The van der Waals surface area contributed by atoms with Gasteiger partial charge in [0.05, 0.1) is 5.92 Å². The van der Waals surface area contributed by atoms with Crippen molar-refractivity contribution in [2.45, 2.75) is 39.2 Å². The molecule has 0 bridgehead atoms. The molecule has 1 saturated heterocycles. The summed E-state index contributed by atoms with van der Waals surface area (Å²) in [6, 6.07) is 3.87. The molecular formula is C19H29N3O3. The first-order chi connectivity index (χ1) is 12.2. The van der Waals surface area contributed by atoms with Crippen molar-refractivity contribution < 1.29 is 14.3 Å². The molecule has 1 atom stereocenters. The van der Waals surface area contributed by atoms with Crippen LogP contribution in [-0.4, -0.2) is 59.9 Å². The van der Waals surface area contributed by atoms with E-state index in [1.807, 2.05) is 28.9 Å². The number of likely N-dealkylation sites (tertiary alicyclic amines) is 1. The molecule has 0 radical (unpaired) electrons. The highest BCUT2D eigenvalue weighted by Gasteiger charge is 2.30. The lowest BCUT2D eigenvalue weighted by atomic mass is 9.96. The molecule has 0 N–H and O–H groups in total. The maximum Gasteiger partial charge on any atom is 0.227 e. The smallest absolute Gasteiger partial charge is 0.227 e. The highest BCUT2D eigenvalue weighted by molar-refractivity contribution is 5.81. The molecule has 2 heterocycles. The molecule has 6 nitrogen and oxygen atoms in total. The Bertz CT molecular complexity index is 550. The lowest BCUT2D eigenvalue weighted by Crippen LogP contribution is -2.46. The Morgan fingerprint density at radius 2 is 2.12 bits per heavy atom. The molecule has 138 valence electrons. The number of hydrogen-bond donors (Lipinski definition) is 0. The Morgan fingerprint density at radius 3 is 2.80 bits per heavy atom. The summed E-state index contributed by atoms with van der Waals surface area (Å²) in [5.41, 5.74) is 1.07. The molecule has 0 aliphatic carbocycles. The molecule has 1 aliphatic rings. The van der Waals surface area contributed by atoms with E-state index < -0.39 is 0 Å². The summed E-state index contributed by atoms with van der Waals surface area (Å²) in [6.45, 7) is 5.04. The monoisotopic (exact) mass is 347 g/mol. The number of pyridine rings is 1. The Morgan fingerprint density at radius 1 is 1.36 bits per heavy atom. The first kappa shape index (κ1) is 19.4. The van der Waals surface area contributed by atoms with E-state index in [0.717, 1.165) is 31.4 Å². The number of carbonyl (C=O) groups excluding carboxylic acids is 2. The second kappa shape index (κ2) is 10.1. The van der Waals surface area contributed by atoms with Crippen LogP contribution in [0.2, 0.25) is 0 Å². The molecule has 1 aromatic rings. The van der Waals surface area contributed by atoms with Crippen LogP contribution in [0.15, 0.2) is 24.5 Å². The van der Waals surface area contributed by atoms with Crippen molar-refractivity contribution in [3.8, 4) is 0 Å². The van der Waals surface area contributed by atoms with E-state index in [2.05, 4.69) is 4.98 Å². The maximum absolute atomic E-state index is 13.1. The van der Waals surface area contributed by atoms with Crippen molar-refractivity contribution in [2.75, 3.05) is 33.4 Å². The number of ether oxygens (including phenoxy) is 1. The molecule has 0 saturated carbocycles. The summed E-state index contributed by atoms with van der Waals surface area (Å²) in [6.07, 6.45) is 6.53. The van der Waals surface area contributed by atoms with Crippen LogP contribution in [0.25, 0.3) is 0 Å². The normalized spacial score (nSPS) is 17.4. The summed E-state index contributed by atoms with van der Waals surface area (Å²) in [5.74, 6) is 0.174. The zero-order valence-corrected chi connectivity index (χ0v) is 15.3. The van der Waals surface area contributed by atoms with Crippen LogP contribution in [0, 0.1) is 5.92 Å². The maximum atomic E-state index is 13.1. The zero-order valence-electron chi connectivity index (χ0n) is 15.3. The van der Waals surface area contributed by atoms with Crippen molar-refractivity contribution in [3.63, 3.8) is 0 Å². The molecule has 0 spiro atoms.